The van der Waals surface area contributed by atoms with E-state index in [0.29, 0.717) is 19.5 Å². The molecule has 0 aliphatic heterocycles. The normalized spacial score (nSPS) is 12.0. The maximum Gasteiger partial charge on any atom is 0.222 e. The number of amides is 1. The van der Waals surface area contributed by atoms with Crippen LogP contribution in [-0.2, 0) is 17.8 Å². The Kier molecular flexibility index (Phi) is 7.41. The summed E-state index contributed by atoms with van der Waals surface area (Å²) in [5, 5.41) is 3.77. The molecule has 1 aromatic carbocycles. The van der Waals surface area contributed by atoms with Gasteiger partial charge >= 0.3 is 0 Å². The largest absolute Gasteiger partial charge is 0.467 e. The van der Waals surface area contributed by atoms with E-state index < -0.39 is 0 Å². The van der Waals surface area contributed by atoms with Crippen molar-refractivity contribution in [3.05, 3.63) is 65.4 Å². The molecule has 0 radical (unpaired) electrons. The lowest BCUT2D eigenvalue weighted by Crippen LogP contribution is -2.36. The van der Waals surface area contributed by atoms with Crippen LogP contribution in [-0.4, -0.2) is 27.9 Å². The molecule has 6 nitrogen and oxygen atoms in total. The molecule has 0 saturated carbocycles. The summed E-state index contributed by atoms with van der Waals surface area (Å²) < 4.78 is 9.80. The molecule has 0 fully saturated rings. The highest BCUT2D eigenvalue weighted by atomic mass is 32.1. The summed E-state index contributed by atoms with van der Waals surface area (Å²) in [6, 6.07) is 12.4. The van der Waals surface area contributed by atoms with Crippen molar-refractivity contribution in [3.63, 3.8) is 0 Å². The number of aromatic nitrogens is 2. The fourth-order valence-corrected chi connectivity index (χ4v) is 3.77. The second kappa shape index (κ2) is 10.2. The van der Waals surface area contributed by atoms with Crippen LogP contribution in [0.4, 0.5) is 5.13 Å². The summed E-state index contributed by atoms with van der Waals surface area (Å²) in [6.07, 6.45) is 3.70. The molecule has 2 heterocycles. The summed E-state index contributed by atoms with van der Waals surface area (Å²) in [4.78, 5) is 19.2. The van der Waals surface area contributed by atoms with Crippen LogP contribution in [0.1, 0.15) is 49.4 Å². The van der Waals surface area contributed by atoms with Crippen LogP contribution in [0, 0.1) is 6.92 Å². The van der Waals surface area contributed by atoms with Gasteiger partial charge in [-0.1, -0.05) is 36.8 Å². The molecule has 2 aromatic heterocycles. The number of benzene rings is 1. The van der Waals surface area contributed by atoms with E-state index in [1.165, 1.54) is 22.7 Å². The number of carbonyl (C=O) groups excluding carboxylic acids is 1. The number of hydrogen-bond acceptors (Lipinski definition) is 6. The zero-order valence-corrected chi connectivity index (χ0v) is 18.0. The van der Waals surface area contributed by atoms with E-state index in [4.69, 9.17) is 9.40 Å². The monoisotopic (exact) mass is 412 g/mol. The van der Waals surface area contributed by atoms with Crippen molar-refractivity contribution in [3.8, 4) is 0 Å². The van der Waals surface area contributed by atoms with Gasteiger partial charge in [0.15, 0.2) is 0 Å². The molecule has 0 spiro atoms. The molecule has 0 bridgehead atoms. The molecule has 7 heteroatoms. The first-order valence-electron chi connectivity index (χ1n) is 9.99. The fraction of sp³-hybridized carbons (Fsp3) is 0.409. The van der Waals surface area contributed by atoms with E-state index in [1.54, 1.807) is 6.26 Å². The van der Waals surface area contributed by atoms with Gasteiger partial charge in [0.1, 0.15) is 11.6 Å². The Labute approximate surface area is 176 Å². The Bertz CT molecular complexity index is 890. The first kappa shape index (κ1) is 21.0. The van der Waals surface area contributed by atoms with Crippen molar-refractivity contribution < 1.29 is 9.21 Å². The van der Waals surface area contributed by atoms with E-state index in [2.05, 4.69) is 59.6 Å². The molecule has 0 saturated heterocycles. The van der Waals surface area contributed by atoms with Gasteiger partial charge in [0.25, 0.3) is 0 Å². The van der Waals surface area contributed by atoms with Gasteiger partial charge < -0.3 is 14.6 Å². The minimum Gasteiger partial charge on any atom is -0.467 e. The molecule has 1 N–H and O–H groups in total. The molecule has 0 aliphatic rings. The summed E-state index contributed by atoms with van der Waals surface area (Å²) >= 11 is 1.40. The quantitative estimate of drug-likeness (QED) is 0.536. The lowest BCUT2D eigenvalue weighted by molar-refractivity contribution is -0.121. The molecule has 0 unspecified atom stereocenters. The number of furan rings is 1. The molecule has 1 amide bonds. The molecule has 29 heavy (non-hydrogen) atoms. The van der Waals surface area contributed by atoms with Gasteiger partial charge in [-0.3, -0.25) is 4.79 Å². The SMILES string of the molecule is CC[C@H](C)N(CCC(=O)NCc1ccco1)c1nc(Cc2ccc(C)cc2)ns1. The van der Waals surface area contributed by atoms with Crippen LogP contribution in [0.2, 0.25) is 0 Å². The smallest absolute Gasteiger partial charge is 0.222 e. The zero-order chi connectivity index (χ0) is 20.6. The molecule has 3 rings (SSSR count). The Morgan fingerprint density at radius 3 is 2.76 bits per heavy atom. The number of anilines is 1. The molecular formula is C22H28N4O2S. The average molecular weight is 413 g/mol. The molecular weight excluding hydrogens is 384 g/mol. The van der Waals surface area contributed by atoms with E-state index in [-0.39, 0.29) is 11.9 Å². The van der Waals surface area contributed by atoms with Gasteiger partial charge in [-0.05, 0) is 38.0 Å². The predicted octanol–water partition coefficient (Wildman–Crippen LogP) is 4.34. The summed E-state index contributed by atoms with van der Waals surface area (Å²) in [5.74, 6) is 1.57. The summed E-state index contributed by atoms with van der Waals surface area (Å²) in [6.45, 7) is 7.40. The van der Waals surface area contributed by atoms with Crippen LogP contribution in [0.25, 0.3) is 0 Å². The number of nitrogens with one attached hydrogen (secondary N) is 1. The maximum absolute atomic E-state index is 12.2. The van der Waals surface area contributed by atoms with Gasteiger partial charge in [0.05, 0.1) is 12.8 Å². The van der Waals surface area contributed by atoms with Crippen LogP contribution in [0.15, 0.2) is 47.1 Å². The Morgan fingerprint density at radius 1 is 1.28 bits per heavy atom. The Morgan fingerprint density at radius 2 is 2.07 bits per heavy atom. The first-order valence-corrected chi connectivity index (χ1v) is 10.8. The van der Waals surface area contributed by atoms with Crippen molar-refractivity contribution in [2.75, 3.05) is 11.4 Å². The van der Waals surface area contributed by atoms with Gasteiger partial charge in [0, 0.05) is 37.0 Å². The second-order valence-electron chi connectivity index (χ2n) is 7.21. The van der Waals surface area contributed by atoms with Gasteiger partial charge in [-0.2, -0.15) is 4.37 Å². The average Bonchev–Trinajstić information content (AvgIpc) is 3.40. The zero-order valence-electron chi connectivity index (χ0n) is 17.2. The maximum atomic E-state index is 12.2. The van der Waals surface area contributed by atoms with E-state index in [0.717, 1.165) is 29.6 Å². The number of nitrogens with zero attached hydrogens (tertiary/aromatic N) is 3. The number of hydrogen-bond donors (Lipinski definition) is 1. The van der Waals surface area contributed by atoms with Crippen molar-refractivity contribution in [2.24, 2.45) is 0 Å². The fourth-order valence-electron chi connectivity index (χ4n) is 2.96. The van der Waals surface area contributed by atoms with Crippen molar-refractivity contribution >= 4 is 22.6 Å². The Balaban J connectivity index is 1.58. The highest BCUT2D eigenvalue weighted by Crippen LogP contribution is 2.22. The van der Waals surface area contributed by atoms with Gasteiger partial charge in [-0.15, -0.1) is 0 Å². The lowest BCUT2D eigenvalue weighted by Gasteiger charge is -2.27. The highest BCUT2D eigenvalue weighted by molar-refractivity contribution is 7.09. The summed E-state index contributed by atoms with van der Waals surface area (Å²) in [7, 11) is 0. The van der Waals surface area contributed by atoms with Crippen LogP contribution in [0.3, 0.4) is 0 Å². The standard InChI is InChI=1S/C22H28N4O2S/c1-4-17(3)26(12-11-21(27)23-15-19-6-5-13-28-19)22-24-20(25-29-22)14-18-9-7-16(2)8-10-18/h5-10,13,17H,4,11-12,14-15H2,1-3H3,(H,23,27)/t17-/m0/s1. The van der Waals surface area contributed by atoms with Crippen LogP contribution >= 0.6 is 11.5 Å². The van der Waals surface area contributed by atoms with Crippen molar-refractivity contribution in [1.82, 2.24) is 14.7 Å². The molecule has 1 atom stereocenters. The third kappa shape index (κ3) is 6.15. The minimum atomic E-state index is -0.000836. The van der Waals surface area contributed by atoms with E-state index >= 15 is 0 Å². The minimum absolute atomic E-state index is 0.000836. The van der Waals surface area contributed by atoms with Gasteiger partial charge in [0.2, 0.25) is 11.0 Å². The summed E-state index contributed by atoms with van der Waals surface area (Å²) in [5.41, 5.74) is 2.45. The van der Waals surface area contributed by atoms with Gasteiger partial charge in [-0.25, -0.2) is 4.98 Å². The lowest BCUT2D eigenvalue weighted by atomic mass is 10.1. The Hall–Kier alpha value is -2.67. The van der Waals surface area contributed by atoms with Crippen LogP contribution < -0.4 is 10.2 Å². The predicted molar refractivity (Wildman–Crippen MR) is 116 cm³/mol. The third-order valence-corrected chi connectivity index (χ3v) is 5.72. The molecule has 3 aromatic rings. The first-order chi connectivity index (χ1) is 14.0. The van der Waals surface area contributed by atoms with E-state index in [9.17, 15) is 4.79 Å². The second-order valence-corrected chi connectivity index (χ2v) is 7.94. The topological polar surface area (TPSA) is 71.3 Å². The number of carbonyl (C=O) groups is 1. The van der Waals surface area contributed by atoms with Crippen molar-refractivity contribution in [1.29, 1.82) is 0 Å². The highest BCUT2D eigenvalue weighted by Gasteiger charge is 2.19. The third-order valence-electron chi connectivity index (χ3n) is 4.93. The molecule has 154 valence electrons. The van der Waals surface area contributed by atoms with Crippen LogP contribution in [0.5, 0.6) is 0 Å². The van der Waals surface area contributed by atoms with E-state index in [1.807, 2.05) is 12.1 Å². The number of rotatable bonds is 10. The molecule has 0 aliphatic carbocycles. The van der Waals surface area contributed by atoms with Crippen molar-refractivity contribution in [2.45, 2.75) is 52.6 Å². The number of aryl methyl sites for hydroxylation is 1.